The van der Waals surface area contributed by atoms with E-state index in [0.717, 1.165) is 22.3 Å². The van der Waals surface area contributed by atoms with Crippen molar-refractivity contribution in [2.24, 2.45) is 0 Å². The molecule has 0 radical (unpaired) electrons. The van der Waals surface area contributed by atoms with E-state index in [1.54, 1.807) is 18.3 Å². The zero-order chi connectivity index (χ0) is 25.5. The maximum atomic E-state index is 13.9. The molecule has 0 bridgehead atoms. The molecular weight excluding hydrogens is 464 g/mol. The first-order valence-corrected chi connectivity index (χ1v) is 12.1. The van der Waals surface area contributed by atoms with Gasteiger partial charge in [-0.05, 0) is 72.5 Å². The molecule has 5 aromatic rings. The molecule has 1 aliphatic rings. The summed E-state index contributed by atoms with van der Waals surface area (Å²) in [6.07, 6.45) is 1.63. The molecule has 0 fully saturated rings. The average Bonchev–Trinajstić information content (AvgIpc) is 3.22. The molecule has 0 saturated heterocycles. The van der Waals surface area contributed by atoms with Crippen LogP contribution in [0.15, 0.2) is 100 Å². The van der Waals surface area contributed by atoms with E-state index in [0.29, 0.717) is 34.7 Å². The van der Waals surface area contributed by atoms with Gasteiger partial charge >= 0.3 is 0 Å². The fourth-order valence-electron chi connectivity index (χ4n) is 4.79. The van der Waals surface area contributed by atoms with Crippen LogP contribution in [0.4, 0.5) is 5.82 Å². The minimum atomic E-state index is -0.708. The first-order valence-electron chi connectivity index (χ1n) is 12.1. The molecule has 0 aliphatic carbocycles. The number of rotatable bonds is 5. The molecule has 6 rings (SSSR count). The third-order valence-corrected chi connectivity index (χ3v) is 6.80. The van der Waals surface area contributed by atoms with Gasteiger partial charge in [-0.1, -0.05) is 48.5 Å². The molecule has 1 atom stereocenters. The summed E-state index contributed by atoms with van der Waals surface area (Å²) in [4.78, 5) is 33.6. The van der Waals surface area contributed by atoms with Crippen molar-refractivity contribution in [3.05, 3.63) is 135 Å². The highest BCUT2D eigenvalue weighted by Gasteiger charge is 2.44. The van der Waals surface area contributed by atoms with E-state index in [4.69, 9.17) is 9.15 Å². The number of ether oxygens (including phenoxy) is 1. The average molecular weight is 489 g/mol. The highest BCUT2D eigenvalue weighted by atomic mass is 16.5. The van der Waals surface area contributed by atoms with Gasteiger partial charge in [0.15, 0.2) is 5.43 Å². The summed E-state index contributed by atoms with van der Waals surface area (Å²) in [6.45, 7) is 4.31. The molecule has 2 aromatic heterocycles. The summed E-state index contributed by atoms with van der Waals surface area (Å²) < 4.78 is 12.2. The number of nitrogens with zero attached hydrogens (tertiary/aromatic N) is 2. The van der Waals surface area contributed by atoms with E-state index in [-0.39, 0.29) is 11.2 Å². The third-order valence-electron chi connectivity index (χ3n) is 6.80. The van der Waals surface area contributed by atoms with Crippen molar-refractivity contribution in [1.29, 1.82) is 0 Å². The lowest BCUT2D eigenvalue weighted by Crippen LogP contribution is -2.30. The maximum Gasteiger partial charge on any atom is 0.296 e. The fraction of sp³-hybridized carbons (Fsp3) is 0.129. The van der Waals surface area contributed by atoms with Crippen LogP contribution in [0.2, 0.25) is 0 Å². The summed E-state index contributed by atoms with van der Waals surface area (Å²) >= 11 is 0. The van der Waals surface area contributed by atoms with Crippen LogP contribution in [0.3, 0.4) is 0 Å². The summed E-state index contributed by atoms with van der Waals surface area (Å²) in [7, 11) is 0. The smallest absolute Gasteiger partial charge is 0.296 e. The topological polar surface area (TPSA) is 72.6 Å². The van der Waals surface area contributed by atoms with Gasteiger partial charge in [-0.2, -0.15) is 0 Å². The lowest BCUT2D eigenvalue weighted by molar-refractivity contribution is 0.0970. The minimum Gasteiger partial charge on any atom is -0.489 e. The van der Waals surface area contributed by atoms with Crippen LogP contribution in [-0.4, -0.2) is 10.9 Å². The SMILES string of the molecule is Cc1cc2oc3c(c(=O)c2cc1C)C(c1cccc(OCc2ccccc2)c1)N(c1ccccn1)C3=O. The van der Waals surface area contributed by atoms with Crippen molar-refractivity contribution >= 4 is 22.7 Å². The van der Waals surface area contributed by atoms with Gasteiger partial charge in [0.2, 0.25) is 5.76 Å². The van der Waals surface area contributed by atoms with E-state index in [1.807, 2.05) is 86.6 Å². The van der Waals surface area contributed by atoms with E-state index in [9.17, 15) is 9.59 Å². The molecule has 3 aromatic carbocycles. The van der Waals surface area contributed by atoms with Gasteiger partial charge in [0, 0.05) is 6.20 Å². The summed E-state index contributed by atoms with van der Waals surface area (Å²) in [5.41, 5.74) is 4.25. The summed E-state index contributed by atoms with van der Waals surface area (Å²) in [6, 6.07) is 25.7. The fourth-order valence-corrected chi connectivity index (χ4v) is 4.79. The van der Waals surface area contributed by atoms with Gasteiger partial charge in [0.25, 0.3) is 5.91 Å². The monoisotopic (exact) mass is 488 g/mol. The number of hydrogen-bond donors (Lipinski definition) is 0. The normalized spacial score (nSPS) is 14.7. The zero-order valence-corrected chi connectivity index (χ0v) is 20.5. The minimum absolute atomic E-state index is 0.0482. The van der Waals surface area contributed by atoms with Crippen LogP contribution in [0, 0.1) is 13.8 Å². The number of hydrogen-bond acceptors (Lipinski definition) is 5. The highest BCUT2D eigenvalue weighted by molar-refractivity contribution is 6.10. The van der Waals surface area contributed by atoms with Crippen LogP contribution in [0.1, 0.15) is 44.4 Å². The lowest BCUT2D eigenvalue weighted by atomic mass is 9.97. The number of fused-ring (bicyclic) bond motifs is 2. The second-order valence-corrected chi connectivity index (χ2v) is 9.22. The van der Waals surface area contributed by atoms with E-state index >= 15 is 0 Å². The Morgan fingerprint density at radius 2 is 1.68 bits per heavy atom. The van der Waals surface area contributed by atoms with Gasteiger partial charge in [-0.15, -0.1) is 0 Å². The molecule has 3 heterocycles. The Bertz CT molecular complexity index is 1690. The van der Waals surface area contributed by atoms with Crippen molar-refractivity contribution in [2.75, 3.05) is 4.90 Å². The maximum absolute atomic E-state index is 13.9. The predicted octanol–water partition coefficient (Wildman–Crippen LogP) is 6.13. The Morgan fingerprint density at radius 1 is 0.892 bits per heavy atom. The van der Waals surface area contributed by atoms with Crippen molar-refractivity contribution in [2.45, 2.75) is 26.5 Å². The van der Waals surface area contributed by atoms with E-state index in [2.05, 4.69) is 4.98 Å². The molecule has 37 heavy (non-hydrogen) atoms. The van der Waals surface area contributed by atoms with Crippen molar-refractivity contribution in [1.82, 2.24) is 4.98 Å². The lowest BCUT2D eigenvalue weighted by Gasteiger charge is -2.24. The molecule has 0 saturated carbocycles. The number of benzene rings is 3. The van der Waals surface area contributed by atoms with Crippen molar-refractivity contribution in [3.63, 3.8) is 0 Å². The molecule has 6 heteroatoms. The van der Waals surface area contributed by atoms with Crippen LogP contribution >= 0.6 is 0 Å². The standard InChI is InChI=1S/C31H24N2O4/c1-19-15-24-25(16-20(19)2)37-30-27(29(24)34)28(33(31(30)35)26-13-6-7-14-32-26)22-11-8-12-23(17-22)36-18-21-9-4-3-5-10-21/h3-17,28H,18H2,1-2H3. The van der Waals surface area contributed by atoms with Gasteiger partial charge in [-0.3, -0.25) is 14.5 Å². The van der Waals surface area contributed by atoms with Crippen LogP contribution in [0.5, 0.6) is 5.75 Å². The molecule has 0 N–H and O–H groups in total. The molecular formula is C31H24N2O4. The molecule has 0 spiro atoms. The Balaban J connectivity index is 1.50. The second kappa shape index (κ2) is 9.06. The predicted molar refractivity (Wildman–Crippen MR) is 142 cm³/mol. The number of aromatic nitrogens is 1. The molecule has 1 amide bonds. The van der Waals surface area contributed by atoms with Gasteiger partial charge in [-0.25, -0.2) is 4.98 Å². The number of anilines is 1. The van der Waals surface area contributed by atoms with Gasteiger partial charge in [0.1, 0.15) is 23.8 Å². The van der Waals surface area contributed by atoms with Gasteiger partial charge < -0.3 is 9.15 Å². The zero-order valence-electron chi connectivity index (χ0n) is 20.5. The molecule has 1 unspecified atom stereocenters. The summed E-state index contributed by atoms with van der Waals surface area (Å²) in [5, 5.41) is 0.457. The Hall–Kier alpha value is -4.71. The van der Waals surface area contributed by atoms with Crippen molar-refractivity contribution < 1.29 is 13.9 Å². The number of amides is 1. The van der Waals surface area contributed by atoms with Crippen LogP contribution in [-0.2, 0) is 6.61 Å². The number of pyridine rings is 1. The van der Waals surface area contributed by atoms with Gasteiger partial charge in [0.05, 0.1) is 17.0 Å². The molecule has 6 nitrogen and oxygen atoms in total. The first-order chi connectivity index (χ1) is 18.0. The number of carbonyl (C=O) groups excluding carboxylic acids is 1. The largest absolute Gasteiger partial charge is 0.489 e. The van der Waals surface area contributed by atoms with Crippen LogP contribution < -0.4 is 15.1 Å². The molecule has 1 aliphatic heterocycles. The van der Waals surface area contributed by atoms with E-state index < -0.39 is 11.9 Å². The third kappa shape index (κ3) is 3.96. The van der Waals surface area contributed by atoms with Crippen LogP contribution in [0.25, 0.3) is 11.0 Å². The Morgan fingerprint density at radius 3 is 2.46 bits per heavy atom. The molecule has 182 valence electrons. The van der Waals surface area contributed by atoms with Crippen molar-refractivity contribution in [3.8, 4) is 5.75 Å². The Kier molecular flexibility index (Phi) is 5.57. The Labute approximate surface area is 213 Å². The number of carbonyl (C=O) groups is 1. The second-order valence-electron chi connectivity index (χ2n) is 9.22. The quantitative estimate of drug-likeness (QED) is 0.297. The number of aryl methyl sites for hydroxylation is 2. The summed E-state index contributed by atoms with van der Waals surface area (Å²) in [5.74, 6) is 0.730. The highest BCUT2D eigenvalue weighted by Crippen LogP contribution is 2.41. The van der Waals surface area contributed by atoms with E-state index in [1.165, 1.54) is 4.90 Å². The first kappa shape index (κ1) is 22.7.